The van der Waals surface area contributed by atoms with Gasteiger partial charge in [0.1, 0.15) is 0 Å². The van der Waals surface area contributed by atoms with Gasteiger partial charge in [0.05, 0.1) is 12.5 Å². The van der Waals surface area contributed by atoms with E-state index in [1.807, 2.05) is 6.92 Å². The molecule has 0 aliphatic carbocycles. The fourth-order valence-electron chi connectivity index (χ4n) is 0.566. The maximum Gasteiger partial charge on any atom is 0.308 e. The third kappa shape index (κ3) is 3.72. The van der Waals surface area contributed by atoms with E-state index in [1.54, 1.807) is 6.92 Å². The molecule has 10 heavy (non-hydrogen) atoms. The molecule has 0 aromatic carbocycles. The molecule has 0 aliphatic rings. The van der Waals surface area contributed by atoms with Crippen molar-refractivity contribution in [2.45, 2.75) is 20.3 Å². The highest BCUT2D eigenvalue weighted by molar-refractivity contribution is 6.17. The average Bonchev–Trinajstić information content (AvgIpc) is 1.89. The minimum absolute atomic E-state index is 0.0579. The largest absolute Gasteiger partial charge is 0.466 e. The van der Waals surface area contributed by atoms with Gasteiger partial charge in [0.25, 0.3) is 0 Å². The van der Waals surface area contributed by atoms with Crippen LogP contribution in [0.15, 0.2) is 0 Å². The Balaban J connectivity index is 3.49. The second-order valence-corrected chi connectivity index (χ2v) is 2.51. The third-order valence-corrected chi connectivity index (χ3v) is 1.45. The molecule has 0 bridgehead atoms. The molecule has 1 unspecified atom stereocenters. The maximum atomic E-state index is 10.9. The normalized spacial score (nSPS) is 12.7. The van der Waals surface area contributed by atoms with Crippen molar-refractivity contribution in [2.24, 2.45) is 5.92 Å². The van der Waals surface area contributed by atoms with E-state index in [2.05, 4.69) is 0 Å². The van der Waals surface area contributed by atoms with Gasteiger partial charge in [-0.05, 0) is 13.3 Å². The molecule has 0 saturated heterocycles. The number of ether oxygens (including phenoxy) is 1. The summed E-state index contributed by atoms with van der Waals surface area (Å²) in [5.74, 6) is 0.306. The van der Waals surface area contributed by atoms with Crippen LogP contribution in [0, 0.1) is 5.92 Å². The molecule has 3 heteroatoms. The van der Waals surface area contributed by atoms with Crippen LogP contribution in [0.3, 0.4) is 0 Å². The van der Waals surface area contributed by atoms with Crippen LogP contribution in [0.1, 0.15) is 20.3 Å². The molecule has 0 spiro atoms. The van der Waals surface area contributed by atoms with Crippen molar-refractivity contribution in [3.05, 3.63) is 0 Å². The Morgan fingerprint density at radius 1 is 1.70 bits per heavy atom. The van der Waals surface area contributed by atoms with Crippen molar-refractivity contribution in [2.75, 3.05) is 12.5 Å². The molecule has 0 N–H and O–H groups in total. The molecule has 2 nitrogen and oxygen atoms in total. The minimum atomic E-state index is -0.150. The smallest absolute Gasteiger partial charge is 0.308 e. The molecule has 0 fully saturated rings. The van der Waals surface area contributed by atoms with Gasteiger partial charge in [-0.25, -0.2) is 0 Å². The predicted octanol–water partition coefficient (Wildman–Crippen LogP) is 1.81. The lowest BCUT2D eigenvalue weighted by molar-refractivity contribution is -0.147. The van der Waals surface area contributed by atoms with Crippen LogP contribution in [0.4, 0.5) is 0 Å². The molecule has 60 valence electrons. The van der Waals surface area contributed by atoms with Crippen LogP contribution >= 0.6 is 11.6 Å². The van der Waals surface area contributed by atoms with E-state index in [9.17, 15) is 4.79 Å². The molecular formula is C7H13ClO2. The Morgan fingerprint density at radius 2 is 2.30 bits per heavy atom. The summed E-state index contributed by atoms with van der Waals surface area (Å²) in [6, 6.07) is 0. The molecule has 0 aromatic rings. The van der Waals surface area contributed by atoms with E-state index >= 15 is 0 Å². The minimum Gasteiger partial charge on any atom is -0.466 e. The lowest BCUT2D eigenvalue weighted by Gasteiger charge is -2.06. The van der Waals surface area contributed by atoms with Gasteiger partial charge in [-0.15, -0.1) is 11.6 Å². The van der Waals surface area contributed by atoms with E-state index in [4.69, 9.17) is 16.3 Å². The first-order chi connectivity index (χ1) is 4.72. The number of rotatable bonds is 4. The monoisotopic (exact) mass is 164 g/mol. The zero-order chi connectivity index (χ0) is 7.98. The van der Waals surface area contributed by atoms with Crippen LogP contribution in [-0.2, 0) is 9.53 Å². The lowest BCUT2D eigenvalue weighted by Crippen LogP contribution is -2.14. The van der Waals surface area contributed by atoms with Gasteiger partial charge in [0.2, 0.25) is 0 Å². The fourth-order valence-corrected chi connectivity index (χ4v) is 0.893. The van der Waals surface area contributed by atoms with E-state index in [1.165, 1.54) is 0 Å². The summed E-state index contributed by atoms with van der Waals surface area (Å²) in [5, 5.41) is 0. The van der Waals surface area contributed by atoms with Crippen LogP contribution < -0.4 is 0 Å². The van der Waals surface area contributed by atoms with Crippen LogP contribution in [-0.4, -0.2) is 18.5 Å². The first-order valence-corrected chi connectivity index (χ1v) is 3.98. The topological polar surface area (TPSA) is 26.3 Å². The Kier molecular flexibility index (Phi) is 5.40. The Morgan fingerprint density at radius 3 is 2.70 bits per heavy atom. The summed E-state index contributed by atoms with van der Waals surface area (Å²) in [4.78, 5) is 10.9. The summed E-state index contributed by atoms with van der Waals surface area (Å²) in [6.07, 6.45) is 0.695. The third-order valence-electron chi connectivity index (χ3n) is 1.23. The van der Waals surface area contributed by atoms with Crippen LogP contribution in [0.5, 0.6) is 0 Å². The summed E-state index contributed by atoms with van der Waals surface area (Å²) < 4.78 is 4.76. The number of carbonyl (C=O) groups excluding carboxylic acids is 1. The van der Waals surface area contributed by atoms with Gasteiger partial charge in [-0.3, -0.25) is 4.79 Å². The SMILES string of the molecule is CCOC(=O)C(C)CCCl. The van der Waals surface area contributed by atoms with Crippen molar-refractivity contribution in [3.63, 3.8) is 0 Å². The van der Waals surface area contributed by atoms with Crippen molar-refractivity contribution in [1.82, 2.24) is 0 Å². The number of hydrogen-bond donors (Lipinski definition) is 0. The van der Waals surface area contributed by atoms with Crippen molar-refractivity contribution >= 4 is 17.6 Å². The van der Waals surface area contributed by atoms with E-state index in [0.29, 0.717) is 18.9 Å². The molecule has 0 aliphatic heterocycles. The number of hydrogen-bond acceptors (Lipinski definition) is 2. The first kappa shape index (κ1) is 9.76. The maximum absolute atomic E-state index is 10.9. The van der Waals surface area contributed by atoms with Crippen molar-refractivity contribution in [1.29, 1.82) is 0 Å². The van der Waals surface area contributed by atoms with Gasteiger partial charge >= 0.3 is 5.97 Å². The first-order valence-electron chi connectivity index (χ1n) is 3.45. The second kappa shape index (κ2) is 5.54. The number of alkyl halides is 1. The van der Waals surface area contributed by atoms with E-state index < -0.39 is 0 Å². The Bertz CT molecular complexity index is 104. The summed E-state index contributed by atoms with van der Waals surface area (Å²) in [7, 11) is 0. The molecule has 0 radical (unpaired) electrons. The molecule has 0 heterocycles. The van der Waals surface area contributed by atoms with Gasteiger partial charge in [-0.2, -0.15) is 0 Å². The fraction of sp³-hybridized carbons (Fsp3) is 0.857. The molecular weight excluding hydrogens is 152 g/mol. The predicted molar refractivity (Wildman–Crippen MR) is 41.1 cm³/mol. The average molecular weight is 165 g/mol. The molecule has 1 atom stereocenters. The van der Waals surface area contributed by atoms with Gasteiger partial charge in [0, 0.05) is 5.88 Å². The quantitative estimate of drug-likeness (QED) is 0.468. The van der Waals surface area contributed by atoms with Gasteiger partial charge < -0.3 is 4.74 Å². The molecule has 0 aromatic heterocycles. The van der Waals surface area contributed by atoms with Gasteiger partial charge in [-0.1, -0.05) is 6.92 Å². The number of esters is 1. The summed E-state index contributed by atoms with van der Waals surface area (Å²) in [5.41, 5.74) is 0. The standard InChI is InChI=1S/C7H13ClO2/c1-3-10-7(9)6(2)4-5-8/h6H,3-5H2,1-2H3. The highest BCUT2D eigenvalue weighted by Gasteiger charge is 2.11. The number of carbonyl (C=O) groups is 1. The summed E-state index contributed by atoms with van der Waals surface area (Å²) >= 11 is 5.43. The highest BCUT2D eigenvalue weighted by atomic mass is 35.5. The van der Waals surface area contributed by atoms with E-state index in [-0.39, 0.29) is 11.9 Å². The van der Waals surface area contributed by atoms with Crippen LogP contribution in [0.2, 0.25) is 0 Å². The van der Waals surface area contributed by atoms with Crippen molar-refractivity contribution < 1.29 is 9.53 Å². The molecule has 0 amide bonds. The van der Waals surface area contributed by atoms with Gasteiger partial charge in [0.15, 0.2) is 0 Å². The highest BCUT2D eigenvalue weighted by Crippen LogP contribution is 2.04. The zero-order valence-electron chi connectivity index (χ0n) is 6.39. The zero-order valence-corrected chi connectivity index (χ0v) is 7.15. The molecule has 0 rings (SSSR count). The second-order valence-electron chi connectivity index (χ2n) is 2.13. The lowest BCUT2D eigenvalue weighted by atomic mass is 10.1. The van der Waals surface area contributed by atoms with E-state index in [0.717, 1.165) is 0 Å². The van der Waals surface area contributed by atoms with Crippen molar-refractivity contribution in [3.8, 4) is 0 Å². The number of halogens is 1. The molecule has 0 saturated carbocycles. The Hall–Kier alpha value is -0.240. The van der Waals surface area contributed by atoms with Crippen LogP contribution in [0.25, 0.3) is 0 Å². The summed E-state index contributed by atoms with van der Waals surface area (Å²) in [6.45, 7) is 4.07. The Labute approximate surface area is 66.5 Å².